The number of hydrogen-bond donors (Lipinski definition) is 1. The SMILES string of the molecule is C#CC(NCCC)C1CCCOC1. The summed E-state index contributed by atoms with van der Waals surface area (Å²) in [4.78, 5) is 0. The van der Waals surface area contributed by atoms with Crippen molar-refractivity contribution in [3.05, 3.63) is 0 Å². The van der Waals surface area contributed by atoms with Gasteiger partial charge in [0.2, 0.25) is 0 Å². The second-order valence-corrected chi connectivity index (χ2v) is 3.58. The molecule has 1 heterocycles. The molecule has 0 amide bonds. The average Bonchev–Trinajstić information content (AvgIpc) is 2.21. The van der Waals surface area contributed by atoms with Crippen LogP contribution in [0.15, 0.2) is 0 Å². The highest BCUT2D eigenvalue weighted by molar-refractivity contribution is 5.02. The zero-order valence-electron chi connectivity index (χ0n) is 8.38. The molecule has 2 heteroatoms. The normalized spacial score (nSPS) is 25.1. The van der Waals surface area contributed by atoms with Crippen LogP contribution >= 0.6 is 0 Å². The quantitative estimate of drug-likeness (QED) is 0.662. The molecule has 2 atom stereocenters. The van der Waals surface area contributed by atoms with Crippen LogP contribution in [0, 0.1) is 18.3 Å². The van der Waals surface area contributed by atoms with Crippen LogP contribution in [0.5, 0.6) is 0 Å². The lowest BCUT2D eigenvalue weighted by atomic mass is 9.94. The Bertz CT molecular complexity index is 167. The van der Waals surface area contributed by atoms with Gasteiger partial charge in [-0.05, 0) is 25.8 Å². The molecule has 1 rings (SSSR count). The van der Waals surface area contributed by atoms with E-state index in [2.05, 4.69) is 18.2 Å². The topological polar surface area (TPSA) is 21.3 Å². The lowest BCUT2D eigenvalue weighted by molar-refractivity contribution is 0.0471. The van der Waals surface area contributed by atoms with Crippen LogP contribution in [0.25, 0.3) is 0 Å². The van der Waals surface area contributed by atoms with Crippen molar-refractivity contribution in [1.82, 2.24) is 5.32 Å². The zero-order chi connectivity index (χ0) is 9.52. The van der Waals surface area contributed by atoms with Gasteiger partial charge in [0.25, 0.3) is 0 Å². The molecule has 0 saturated carbocycles. The van der Waals surface area contributed by atoms with Crippen molar-refractivity contribution in [2.75, 3.05) is 19.8 Å². The predicted molar refractivity (Wildman–Crippen MR) is 54.5 cm³/mol. The van der Waals surface area contributed by atoms with E-state index in [0.29, 0.717) is 5.92 Å². The minimum absolute atomic E-state index is 0.209. The summed E-state index contributed by atoms with van der Waals surface area (Å²) in [6.07, 6.45) is 8.96. The number of nitrogens with one attached hydrogen (secondary N) is 1. The Hall–Kier alpha value is -0.520. The van der Waals surface area contributed by atoms with Crippen LogP contribution in [-0.4, -0.2) is 25.8 Å². The Morgan fingerprint density at radius 2 is 2.54 bits per heavy atom. The number of ether oxygens (including phenoxy) is 1. The maximum absolute atomic E-state index is 5.48. The van der Waals surface area contributed by atoms with E-state index in [9.17, 15) is 0 Å². The van der Waals surface area contributed by atoms with Crippen LogP contribution in [0.3, 0.4) is 0 Å². The first-order chi connectivity index (χ1) is 6.38. The monoisotopic (exact) mass is 181 g/mol. The van der Waals surface area contributed by atoms with Gasteiger partial charge in [-0.15, -0.1) is 6.42 Å². The summed E-state index contributed by atoms with van der Waals surface area (Å²) in [6, 6.07) is 0.209. The van der Waals surface area contributed by atoms with E-state index in [-0.39, 0.29) is 6.04 Å². The molecule has 0 aromatic heterocycles. The molecule has 0 radical (unpaired) electrons. The van der Waals surface area contributed by atoms with Crippen LogP contribution in [0.1, 0.15) is 26.2 Å². The van der Waals surface area contributed by atoms with Gasteiger partial charge >= 0.3 is 0 Å². The van der Waals surface area contributed by atoms with Crippen molar-refractivity contribution in [3.63, 3.8) is 0 Å². The second-order valence-electron chi connectivity index (χ2n) is 3.58. The van der Waals surface area contributed by atoms with Crippen LogP contribution in [-0.2, 0) is 4.74 Å². The highest BCUT2D eigenvalue weighted by Gasteiger charge is 2.21. The molecule has 1 fully saturated rings. The lowest BCUT2D eigenvalue weighted by Crippen LogP contribution is -2.39. The molecule has 1 aliphatic heterocycles. The summed E-state index contributed by atoms with van der Waals surface area (Å²) in [5.41, 5.74) is 0. The van der Waals surface area contributed by atoms with Gasteiger partial charge in [-0.2, -0.15) is 0 Å². The average molecular weight is 181 g/mol. The first-order valence-corrected chi connectivity index (χ1v) is 5.15. The van der Waals surface area contributed by atoms with Gasteiger partial charge in [0, 0.05) is 12.5 Å². The van der Waals surface area contributed by atoms with Crippen molar-refractivity contribution in [2.24, 2.45) is 5.92 Å². The van der Waals surface area contributed by atoms with Crippen molar-refractivity contribution >= 4 is 0 Å². The van der Waals surface area contributed by atoms with Crippen molar-refractivity contribution in [1.29, 1.82) is 0 Å². The Labute approximate surface area is 81.0 Å². The fraction of sp³-hybridized carbons (Fsp3) is 0.818. The van der Waals surface area contributed by atoms with E-state index < -0.39 is 0 Å². The zero-order valence-corrected chi connectivity index (χ0v) is 8.38. The van der Waals surface area contributed by atoms with Crippen LogP contribution in [0.4, 0.5) is 0 Å². The highest BCUT2D eigenvalue weighted by Crippen LogP contribution is 2.16. The summed E-state index contributed by atoms with van der Waals surface area (Å²) in [5.74, 6) is 3.33. The number of terminal acetylenes is 1. The van der Waals surface area contributed by atoms with Gasteiger partial charge in [-0.1, -0.05) is 12.8 Å². The van der Waals surface area contributed by atoms with E-state index in [1.807, 2.05) is 0 Å². The predicted octanol–water partition coefficient (Wildman–Crippen LogP) is 1.41. The number of rotatable bonds is 4. The van der Waals surface area contributed by atoms with Gasteiger partial charge in [-0.3, -0.25) is 0 Å². The Morgan fingerprint density at radius 3 is 3.08 bits per heavy atom. The Balaban J connectivity index is 2.31. The largest absolute Gasteiger partial charge is 0.381 e. The highest BCUT2D eigenvalue weighted by atomic mass is 16.5. The molecule has 0 aromatic rings. The summed E-state index contributed by atoms with van der Waals surface area (Å²) in [7, 11) is 0. The standard InChI is InChI=1S/C11H19NO/c1-3-7-12-11(4-2)10-6-5-8-13-9-10/h2,10-12H,3,5-9H2,1H3. The molecule has 1 aliphatic rings. The summed E-state index contributed by atoms with van der Waals surface area (Å²) < 4.78 is 5.41. The molecule has 0 aromatic carbocycles. The van der Waals surface area contributed by atoms with Gasteiger partial charge in [-0.25, -0.2) is 0 Å². The Morgan fingerprint density at radius 1 is 1.69 bits per heavy atom. The summed E-state index contributed by atoms with van der Waals surface area (Å²) in [5, 5.41) is 3.37. The van der Waals surface area contributed by atoms with Gasteiger partial charge < -0.3 is 10.1 Å². The van der Waals surface area contributed by atoms with E-state index in [0.717, 1.165) is 32.6 Å². The third-order valence-corrected chi connectivity index (χ3v) is 2.46. The minimum atomic E-state index is 0.209. The van der Waals surface area contributed by atoms with Crippen LogP contribution < -0.4 is 5.32 Å². The fourth-order valence-electron chi connectivity index (χ4n) is 1.69. The lowest BCUT2D eigenvalue weighted by Gasteiger charge is -2.27. The van der Waals surface area contributed by atoms with Gasteiger partial charge in [0.15, 0.2) is 0 Å². The molecule has 0 bridgehead atoms. The van der Waals surface area contributed by atoms with Crippen LogP contribution in [0.2, 0.25) is 0 Å². The molecular formula is C11H19NO. The molecule has 1 N–H and O–H groups in total. The maximum Gasteiger partial charge on any atom is 0.0737 e. The number of hydrogen-bond acceptors (Lipinski definition) is 2. The van der Waals surface area contributed by atoms with Gasteiger partial charge in [0.05, 0.1) is 12.6 Å². The van der Waals surface area contributed by atoms with Crippen molar-refractivity contribution in [3.8, 4) is 12.3 Å². The molecule has 0 aliphatic carbocycles. The summed E-state index contributed by atoms with van der Waals surface area (Å²) >= 11 is 0. The molecule has 13 heavy (non-hydrogen) atoms. The molecule has 74 valence electrons. The molecule has 2 nitrogen and oxygen atoms in total. The fourth-order valence-corrected chi connectivity index (χ4v) is 1.69. The van der Waals surface area contributed by atoms with Gasteiger partial charge in [0.1, 0.15) is 0 Å². The van der Waals surface area contributed by atoms with E-state index in [4.69, 9.17) is 11.2 Å². The first-order valence-electron chi connectivity index (χ1n) is 5.15. The second kappa shape index (κ2) is 6.01. The van der Waals surface area contributed by atoms with Crippen molar-refractivity contribution in [2.45, 2.75) is 32.2 Å². The smallest absolute Gasteiger partial charge is 0.0737 e. The van der Waals surface area contributed by atoms with E-state index in [1.54, 1.807) is 0 Å². The maximum atomic E-state index is 5.48. The third kappa shape index (κ3) is 3.38. The van der Waals surface area contributed by atoms with E-state index in [1.165, 1.54) is 6.42 Å². The summed E-state index contributed by atoms with van der Waals surface area (Å²) in [6.45, 7) is 4.89. The molecule has 0 spiro atoms. The molecule has 1 saturated heterocycles. The minimum Gasteiger partial charge on any atom is -0.381 e. The third-order valence-electron chi connectivity index (χ3n) is 2.46. The molecular weight excluding hydrogens is 162 g/mol. The molecule has 2 unspecified atom stereocenters. The van der Waals surface area contributed by atoms with Crippen molar-refractivity contribution < 1.29 is 4.74 Å². The Kier molecular flexibility index (Phi) is 4.88. The van der Waals surface area contributed by atoms with E-state index >= 15 is 0 Å². The first kappa shape index (κ1) is 10.6.